The van der Waals surface area contributed by atoms with E-state index in [1.807, 2.05) is 24.5 Å². The minimum absolute atomic E-state index is 0.993. The topological polar surface area (TPSA) is 30.2 Å². The van der Waals surface area contributed by atoms with Crippen molar-refractivity contribution in [1.29, 1.82) is 0 Å². The largest absolute Gasteiger partial charge is 0.292 e. The second-order valence-corrected chi connectivity index (χ2v) is 6.70. The van der Waals surface area contributed by atoms with Crippen LogP contribution in [0.4, 0.5) is 0 Å². The Balaban J connectivity index is 0.000000455. The molecule has 4 heteroatoms. The molecule has 0 saturated heterocycles. The third-order valence-electron chi connectivity index (χ3n) is 4.06. The van der Waals surface area contributed by atoms with Crippen molar-refractivity contribution in [2.24, 2.45) is 0 Å². The molecule has 0 aliphatic rings. The number of rotatable bonds is 0. The van der Waals surface area contributed by atoms with Gasteiger partial charge in [0.15, 0.2) is 0 Å². The molecule has 2 aromatic carbocycles. The first kappa shape index (κ1) is 15.0. The van der Waals surface area contributed by atoms with E-state index in [1.165, 1.54) is 10.9 Å². The fraction of sp³-hybridized carbons (Fsp3) is 0.100. The maximum absolute atomic E-state index is 4.83. The van der Waals surface area contributed by atoms with Gasteiger partial charge in [-0.1, -0.05) is 30.3 Å². The minimum Gasteiger partial charge on any atom is -0.292 e. The maximum atomic E-state index is 4.83. The molecule has 0 radical (unpaired) electrons. The van der Waals surface area contributed by atoms with Crippen LogP contribution in [0.2, 0.25) is 0 Å². The number of fused-ring (bicyclic) bond motifs is 8. The van der Waals surface area contributed by atoms with Crippen LogP contribution in [-0.4, -0.2) is 27.7 Å². The zero-order valence-corrected chi connectivity index (χ0v) is 14.7. The Bertz CT molecular complexity index is 1160. The highest BCUT2D eigenvalue weighted by Gasteiger charge is 2.12. The highest BCUT2D eigenvalue weighted by atomic mass is 31.1. The summed E-state index contributed by atoms with van der Waals surface area (Å²) in [4.78, 5) is 9.12. The molecule has 0 aliphatic heterocycles. The van der Waals surface area contributed by atoms with E-state index in [4.69, 9.17) is 4.98 Å². The molecule has 5 rings (SSSR count). The van der Waals surface area contributed by atoms with Crippen molar-refractivity contribution in [2.45, 2.75) is 0 Å². The molecule has 0 unspecified atom stereocenters. The van der Waals surface area contributed by atoms with Gasteiger partial charge in [0.2, 0.25) is 0 Å². The van der Waals surface area contributed by atoms with Gasteiger partial charge in [-0.05, 0) is 37.6 Å². The lowest BCUT2D eigenvalue weighted by atomic mass is 10.1. The fourth-order valence-corrected chi connectivity index (χ4v) is 3.15. The van der Waals surface area contributed by atoms with Gasteiger partial charge >= 0.3 is 0 Å². The van der Waals surface area contributed by atoms with Crippen molar-refractivity contribution in [3.63, 3.8) is 0 Å². The zero-order chi connectivity index (χ0) is 16.5. The Morgan fingerprint density at radius 1 is 0.792 bits per heavy atom. The van der Waals surface area contributed by atoms with E-state index >= 15 is 0 Å². The van der Waals surface area contributed by atoms with Gasteiger partial charge in [-0.3, -0.25) is 9.38 Å². The van der Waals surface area contributed by atoms with Crippen LogP contribution in [0.1, 0.15) is 0 Å². The van der Waals surface area contributed by atoms with Crippen molar-refractivity contribution in [3.05, 3.63) is 67.0 Å². The first-order valence-corrected chi connectivity index (χ1v) is 9.95. The van der Waals surface area contributed by atoms with Gasteiger partial charge in [0.1, 0.15) is 5.65 Å². The Hall–Kier alpha value is -2.51. The fourth-order valence-electron chi connectivity index (χ4n) is 3.15. The molecule has 3 heterocycles. The normalized spacial score (nSPS) is 11.1. The lowest BCUT2D eigenvalue weighted by Gasteiger charge is -2.07. The van der Waals surface area contributed by atoms with Crippen molar-refractivity contribution in [1.82, 2.24) is 14.4 Å². The molecule has 0 amide bonds. The summed E-state index contributed by atoms with van der Waals surface area (Å²) in [5, 5.41) is 3.49. The highest BCUT2D eigenvalue weighted by Crippen LogP contribution is 2.31. The molecule has 0 atom stereocenters. The van der Waals surface area contributed by atoms with Gasteiger partial charge < -0.3 is 0 Å². The lowest BCUT2D eigenvalue weighted by Crippen LogP contribution is -1.91. The van der Waals surface area contributed by atoms with Crippen LogP contribution in [0, 0.1) is 0 Å². The van der Waals surface area contributed by atoms with Gasteiger partial charge in [-0.2, -0.15) is 0 Å². The Morgan fingerprint density at radius 2 is 1.50 bits per heavy atom. The second kappa shape index (κ2) is 6.18. The maximum Gasteiger partial charge on any atom is 0.146 e. The summed E-state index contributed by atoms with van der Waals surface area (Å²) in [6.07, 6.45) is 3.76. The monoisotopic (exact) mass is 331 g/mol. The molecule has 118 valence electrons. The summed E-state index contributed by atoms with van der Waals surface area (Å²) < 4.78 is 2.24. The van der Waals surface area contributed by atoms with Crippen molar-refractivity contribution in [3.8, 4) is 0 Å². The lowest BCUT2D eigenvalue weighted by molar-refractivity contribution is 1.30. The first-order valence-electron chi connectivity index (χ1n) is 7.95. The number of benzene rings is 2. The molecular weight excluding hydrogens is 313 g/mol. The van der Waals surface area contributed by atoms with Crippen molar-refractivity contribution >= 4 is 46.9 Å². The van der Waals surface area contributed by atoms with Crippen LogP contribution in [0.15, 0.2) is 67.0 Å². The molecule has 24 heavy (non-hydrogen) atoms. The van der Waals surface area contributed by atoms with E-state index < -0.39 is 0 Å². The summed E-state index contributed by atoms with van der Waals surface area (Å²) in [5.41, 5.74) is 4.32. The summed E-state index contributed by atoms with van der Waals surface area (Å²) >= 11 is 0. The van der Waals surface area contributed by atoms with Gasteiger partial charge in [-0.15, -0.1) is 8.58 Å². The number of para-hydroxylation sites is 3. The van der Waals surface area contributed by atoms with Gasteiger partial charge in [0.25, 0.3) is 0 Å². The SMILES string of the molecule is CPC.c1ccc2c(c1)nc1c3ccncc3c3ccccc3n21. The van der Waals surface area contributed by atoms with Crippen LogP contribution in [0.5, 0.6) is 0 Å². The van der Waals surface area contributed by atoms with Crippen molar-refractivity contribution < 1.29 is 0 Å². The molecule has 0 saturated carbocycles. The predicted molar refractivity (Wildman–Crippen MR) is 106 cm³/mol. The predicted octanol–water partition coefficient (Wildman–Crippen LogP) is 5.11. The Morgan fingerprint density at radius 3 is 2.33 bits per heavy atom. The molecule has 0 spiro atoms. The van der Waals surface area contributed by atoms with E-state index in [-0.39, 0.29) is 0 Å². The molecule has 3 nitrogen and oxygen atoms in total. The summed E-state index contributed by atoms with van der Waals surface area (Å²) in [6, 6.07) is 18.7. The number of imidazole rings is 1. The molecule has 0 fully saturated rings. The van der Waals surface area contributed by atoms with Crippen LogP contribution in [0.3, 0.4) is 0 Å². The molecule has 0 N–H and O–H groups in total. The number of nitrogens with zero attached hydrogens (tertiary/aromatic N) is 3. The van der Waals surface area contributed by atoms with Crippen LogP contribution in [-0.2, 0) is 0 Å². The van der Waals surface area contributed by atoms with Crippen LogP contribution in [0.25, 0.3) is 38.4 Å². The minimum atomic E-state index is 0.993. The molecular formula is C20H18N3P. The van der Waals surface area contributed by atoms with Gasteiger partial charge in [0, 0.05) is 28.6 Å². The van der Waals surface area contributed by atoms with E-state index in [0.29, 0.717) is 0 Å². The highest BCUT2D eigenvalue weighted by molar-refractivity contribution is 7.35. The van der Waals surface area contributed by atoms with Crippen molar-refractivity contribution in [2.75, 3.05) is 13.3 Å². The molecule has 0 aliphatic carbocycles. The van der Waals surface area contributed by atoms with Crippen LogP contribution >= 0.6 is 8.58 Å². The third-order valence-corrected chi connectivity index (χ3v) is 4.06. The third kappa shape index (κ3) is 2.24. The van der Waals surface area contributed by atoms with E-state index in [0.717, 1.165) is 36.0 Å². The quantitative estimate of drug-likeness (QED) is 0.291. The molecule has 5 aromatic rings. The molecule has 0 bridgehead atoms. The zero-order valence-electron chi connectivity index (χ0n) is 13.7. The summed E-state index contributed by atoms with van der Waals surface area (Å²) in [7, 11) is 1.08. The van der Waals surface area contributed by atoms with E-state index in [1.54, 1.807) is 0 Å². The van der Waals surface area contributed by atoms with E-state index in [9.17, 15) is 0 Å². The summed E-state index contributed by atoms with van der Waals surface area (Å²) in [6.45, 7) is 4.31. The Labute approximate surface area is 142 Å². The Kier molecular flexibility index (Phi) is 3.87. The molecule has 3 aromatic heterocycles. The van der Waals surface area contributed by atoms with E-state index in [2.05, 4.69) is 65.2 Å². The first-order chi connectivity index (χ1) is 11.8. The summed E-state index contributed by atoms with van der Waals surface area (Å²) in [5.74, 6) is 0. The number of hydrogen-bond donors (Lipinski definition) is 0. The second-order valence-electron chi connectivity index (χ2n) is 5.70. The standard InChI is InChI=1S/C18H11N3.C2H7P/c1-3-7-16-12(5-1)14-11-19-10-9-13(14)18-20-15-6-2-4-8-17(15)21(16)18;1-3-2/h1-11H;3H,1-2H3. The average molecular weight is 331 g/mol. The number of pyridine rings is 2. The smallest absolute Gasteiger partial charge is 0.146 e. The number of hydrogen-bond acceptors (Lipinski definition) is 2. The van der Waals surface area contributed by atoms with Gasteiger partial charge in [0.05, 0.1) is 16.6 Å². The average Bonchev–Trinajstić information content (AvgIpc) is 3.03. The van der Waals surface area contributed by atoms with Gasteiger partial charge in [-0.25, -0.2) is 4.98 Å². The van der Waals surface area contributed by atoms with Crippen LogP contribution < -0.4 is 0 Å². The number of aromatic nitrogens is 3.